The van der Waals surface area contributed by atoms with E-state index in [1.165, 1.54) is 54.7 Å². The number of para-hydroxylation sites is 2. The summed E-state index contributed by atoms with van der Waals surface area (Å²) in [5.74, 6) is 0. The third-order valence-electron chi connectivity index (χ3n) is 7.49. The number of nitrogens with zero attached hydrogens (tertiary/aromatic N) is 4. The SMILES string of the molecule is c1ccc2c(c1)c1ccnc(-c3ccsc3)c1n2CCn1c2ccccc2c2ccnc(-c3ccsc3)c21. The number of hydrogen-bond donors (Lipinski definition) is 0. The molecule has 4 nitrogen and oxygen atoms in total. The second-order valence-electron chi connectivity index (χ2n) is 9.47. The van der Waals surface area contributed by atoms with Crippen LogP contribution in [0, 0.1) is 0 Å². The fourth-order valence-corrected chi connectivity index (χ4v) is 7.17. The minimum absolute atomic E-state index is 0.818. The zero-order valence-electron chi connectivity index (χ0n) is 20.4. The maximum absolute atomic E-state index is 4.87. The molecule has 6 heterocycles. The lowest BCUT2D eigenvalue weighted by molar-refractivity contribution is 0.631. The lowest BCUT2D eigenvalue weighted by Crippen LogP contribution is -2.08. The van der Waals surface area contributed by atoms with Crippen molar-refractivity contribution in [1.29, 1.82) is 0 Å². The Balaban J connectivity index is 1.36. The van der Waals surface area contributed by atoms with Gasteiger partial charge in [0.25, 0.3) is 0 Å². The van der Waals surface area contributed by atoms with Gasteiger partial charge in [-0.15, -0.1) is 0 Å². The normalized spacial score (nSPS) is 11.9. The average molecular weight is 527 g/mol. The fraction of sp³-hybridized carbons (Fsp3) is 0.0625. The highest BCUT2D eigenvalue weighted by Crippen LogP contribution is 2.38. The average Bonchev–Trinajstić information content (AvgIpc) is 3.78. The largest absolute Gasteiger partial charge is 0.337 e. The molecule has 182 valence electrons. The monoisotopic (exact) mass is 526 g/mol. The van der Waals surface area contributed by atoms with Crippen LogP contribution in [-0.2, 0) is 13.1 Å². The van der Waals surface area contributed by atoms with Crippen LogP contribution in [0.4, 0.5) is 0 Å². The molecule has 0 atom stereocenters. The molecule has 38 heavy (non-hydrogen) atoms. The minimum Gasteiger partial charge on any atom is -0.337 e. The van der Waals surface area contributed by atoms with Crippen LogP contribution in [0.1, 0.15) is 0 Å². The first-order chi connectivity index (χ1) is 18.9. The molecule has 0 aliphatic rings. The molecule has 0 saturated carbocycles. The zero-order valence-corrected chi connectivity index (χ0v) is 22.0. The molecule has 8 aromatic rings. The van der Waals surface area contributed by atoms with Crippen molar-refractivity contribution < 1.29 is 0 Å². The number of hydrogen-bond acceptors (Lipinski definition) is 4. The third kappa shape index (κ3) is 3.20. The summed E-state index contributed by atoms with van der Waals surface area (Å²) in [5, 5.41) is 13.7. The van der Waals surface area contributed by atoms with E-state index in [2.05, 4.69) is 103 Å². The summed E-state index contributed by atoms with van der Waals surface area (Å²) in [4.78, 5) is 9.74. The Kier molecular flexibility index (Phi) is 4.96. The molecule has 6 aromatic heterocycles. The predicted octanol–water partition coefficient (Wildman–Crippen LogP) is 8.85. The van der Waals surface area contributed by atoms with Gasteiger partial charge >= 0.3 is 0 Å². The Morgan fingerprint density at radius 3 is 1.45 bits per heavy atom. The summed E-state index contributed by atoms with van der Waals surface area (Å²) in [6, 6.07) is 26.1. The van der Waals surface area contributed by atoms with Gasteiger partial charge in [-0.05, 0) is 47.2 Å². The number of fused-ring (bicyclic) bond motifs is 6. The van der Waals surface area contributed by atoms with E-state index in [1.807, 2.05) is 12.4 Å². The van der Waals surface area contributed by atoms with E-state index in [4.69, 9.17) is 9.97 Å². The lowest BCUT2D eigenvalue weighted by atomic mass is 10.1. The van der Waals surface area contributed by atoms with Crippen LogP contribution in [0.5, 0.6) is 0 Å². The molecule has 0 bridgehead atoms. The van der Waals surface area contributed by atoms with Crippen LogP contribution in [0.15, 0.2) is 107 Å². The van der Waals surface area contributed by atoms with Crippen molar-refractivity contribution in [2.45, 2.75) is 13.1 Å². The molecule has 8 rings (SSSR count). The second kappa shape index (κ2) is 8.65. The maximum atomic E-state index is 4.87. The number of thiophene rings is 2. The second-order valence-corrected chi connectivity index (χ2v) is 11.0. The molecule has 0 N–H and O–H groups in total. The van der Waals surface area contributed by atoms with E-state index in [-0.39, 0.29) is 0 Å². The van der Waals surface area contributed by atoms with Crippen molar-refractivity contribution in [3.8, 4) is 22.5 Å². The van der Waals surface area contributed by atoms with Crippen molar-refractivity contribution in [1.82, 2.24) is 19.1 Å². The maximum Gasteiger partial charge on any atom is 0.0953 e. The van der Waals surface area contributed by atoms with Crippen molar-refractivity contribution in [3.63, 3.8) is 0 Å². The highest BCUT2D eigenvalue weighted by atomic mass is 32.1. The number of rotatable bonds is 5. The molecule has 0 aliphatic carbocycles. The molecule has 2 aromatic carbocycles. The fourth-order valence-electron chi connectivity index (χ4n) is 5.89. The number of pyridine rings is 2. The third-order valence-corrected chi connectivity index (χ3v) is 8.86. The zero-order chi connectivity index (χ0) is 25.1. The lowest BCUT2D eigenvalue weighted by Gasteiger charge is -2.14. The number of benzene rings is 2. The number of aromatic nitrogens is 4. The van der Waals surface area contributed by atoms with Crippen molar-refractivity contribution in [2.75, 3.05) is 0 Å². The van der Waals surface area contributed by atoms with Crippen LogP contribution in [0.2, 0.25) is 0 Å². The predicted molar refractivity (Wildman–Crippen MR) is 161 cm³/mol. The van der Waals surface area contributed by atoms with Gasteiger partial charge in [0.15, 0.2) is 0 Å². The van der Waals surface area contributed by atoms with Gasteiger partial charge in [-0.25, -0.2) is 0 Å². The standard InChI is InChI=1S/C32H22N4S2/c1-3-7-27-23(5-1)25-9-13-33-29(21-11-17-37-19-21)31(25)35(27)15-16-36-28-8-4-2-6-24(28)26-10-14-34-30(32(26)36)22-12-18-38-20-22/h1-14,17-20H,15-16H2. The van der Waals surface area contributed by atoms with E-state index in [0.29, 0.717) is 0 Å². The van der Waals surface area contributed by atoms with E-state index in [9.17, 15) is 0 Å². The van der Waals surface area contributed by atoms with Crippen LogP contribution in [0.3, 0.4) is 0 Å². The van der Waals surface area contributed by atoms with E-state index >= 15 is 0 Å². The molecule has 0 fully saturated rings. The summed E-state index contributed by atoms with van der Waals surface area (Å²) < 4.78 is 4.93. The molecule has 6 heteroatoms. The summed E-state index contributed by atoms with van der Waals surface area (Å²) >= 11 is 3.42. The Hall–Kier alpha value is -4.26. The molecule has 0 saturated heterocycles. The summed E-state index contributed by atoms with van der Waals surface area (Å²) in [6.07, 6.45) is 3.88. The van der Waals surface area contributed by atoms with Crippen molar-refractivity contribution in [2.24, 2.45) is 0 Å². The summed E-state index contributed by atoms with van der Waals surface area (Å²) in [7, 11) is 0. The molecule has 0 spiro atoms. The Bertz CT molecular complexity index is 1930. The first-order valence-electron chi connectivity index (χ1n) is 12.7. The van der Waals surface area contributed by atoms with Crippen molar-refractivity contribution >= 4 is 66.3 Å². The Morgan fingerprint density at radius 1 is 0.526 bits per heavy atom. The first-order valence-corrected chi connectivity index (χ1v) is 14.5. The summed E-state index contributed by atoms with van der Waals surface area (Å²) in [5.41, 5.74) is 9.31. The summed E-state index contributed by atoms with van der Waals surface area (Å²) in [6.45, 7) is 1.64. The van der Waals surface area contributed by atoms with Gasteiger partial charge in [0.1, 0.15) is 0 Å². The Labute approximate surface area is 227 Å². The first kappa shape index (κ1) is 21.8. The quantitative estimate of drug-likeness (QED) is 0.225. The van der Waals surface area contributed by atoms with Gasteiger partial charge in [-0.1, -0.05) is 36.4 Å². The molecule has 0 aliphatic heterocycles. The minimum atomic E-state index is 0.818. The molecular formula is C32H22N4S2. The van der Waals surface area contributed by atoms with Gasteiger partial charge in [-0.2, -0.15) is 22.7 Å². The molecule has 0 unspecified atom stereocenters. The smallest absolute Gasteiger partial charge is 0.0953 e. The highest BCUT2D eigenvalue weighted by molar-refractivity contribution is 7.08. The van der Waals surface area contributed by atoms with Gasteiger partial charge in [-0.3, -0.25) is 9.97 Å². The number of aryl methyl sites for hydroxylation is 2. The van der Waals surface area contributed by atoms with Crippen LogP contribution in [0.25, 0.3) is 66.1 Å². The topological polar surface area (TPSA) is 35.6 Å². The van der Waals surface area contributed by atoms with Crippen LogP contribution < -0.4 is 0 Å². The van der Waals surface area contributed by atoms with Gasteiger partial charge < -0.3 is 9.13 Å². The van der Waals surface area contributed by atoms with E-state index < -0.39 is 0 Å². The van der Waals surface area contributed by atoms with Gasteiger partial charge in [0.05, 0.1) is 22.4 Å². The molecular weight excluding hydrogens is 505 g/mol. The van der Waals surface area contributed by atoms with Crippen LogP contribution in [-0.4, -0.2) is 19.1 Å². The highest BCUT2D eigenvalue weighted by Gasteiger charge is 2.19. The molecule has 0 radical (unpaired) electrons. The van der Waals surface area contributed by atoms with E-state index in [1.54, 1.807) is 22.7 Å². The van der Waals surface area contributed by atoms with Gasteiger partial charge in [0.2, 0.25) is 0 Å². The van der Waals surface area contributed by atoms with Crippen molar-refractivity contribution in [3.05, 3.63) is 107 Å². The molecule has 0 amide bonds. The van der Waals surface area contributed by atoms with Gasteiger partial charge in [0, 0.05) is 79.9 Å². The van der Waals surface area contributed by atoms with Crippen LogP contribution >= 0.6 is 22.7 Å². The van der Waals surface area contributed by atoms with E-state index in [0.717, 1.165) is 24.5 Å². The Morgan fingerprint density at radius 2 is 1.00 bits per heavy atom.